The molecule has 1 N–H and O–H groups in total. The Morgan fingerprint density at radius 1 is 1.05 bits per heavy atom. The van der Waals surface area contributed by atoms with Gasteiger partial charge in [-0.25, -0.2) is 0 Å². The Kier molecular flexibility index (Phi) is 3.84. The van der Waals surface area contributed by atoms with E-state index in [0.717, 1.165) is 27.6 Å². The number of nitrogens with one attached hydrogen (secondary N) is 1. The third-order valence-electron chi connectivity index (χ3n) is 3.88. The van der Waals surface area contributed by atoms with Crippen LogP contribution in [0.25, 0.3) is 21.9 Å². The van der Waals surface area contributed by atoms with E-state index >= 15 is 0 Å². The fraction of sp³-hybridized carbons (Fsp3) is 0.333. The van der Waals surface area contributed by atoms with Gasteiger partial charge in [0.2, 0.25) is 0 Å². The molecule has 1 unspecified atom stereocenters. The summed E-state index contributed by atoms with van der Waals surface area (Å²) in [4.78, 5) is 0. The normalized spacial score (nSPS) is 13.1. The van der Waals surface area contributed by atoms with E-state index in [1.807, 2.05) is 24.3 Å². The Morgan fingerprint density at radius 2 is 1.81 bits per heavy atom. The van der Waals surface area contributed by atoms with Crippen LogP contribution in [-0.2, 0) is 4.74 Å². The number of benzene rings is 2. The van der Waals surface area contributed by atoms with Crippen LogP contribution in [0.5, 0.6) is 0 Å². The van der Waals surface area contributed by atoms with Crippen molar-refractivity contribution in [2.45, 2.75) is 19.9 Å². The molecule has 1 heterocycles. The summed E-state index contributed by atoms with van der Waals surface area (Å²) in [6.45, 7) is 5.09. The molecule has 1 aromatic heterocycles. The molecule has 2 aromatic carbocycles. The zero-order chi connectivity index (χ0) is 14.8. The number of hydrogen-bond acceptors (Lipinski definition) is 3. The highest BCUT2D eigenvalue weighted by atomic mass is 16.5. The average molecular weight is 283 g/mol. The second-order valence-electron chi connectivity index (χ2n) is 5.76. The Morgan fingerprint density at radius 3 is 2.57 bits per heavy atom. The molecule has 0 aliphatic carbocycles. The highest BCUT2D eigenvalue weighted by Gasteiger charge is 2.14. The lowest BCUT2D eigenvalue weighted by Gasteiger charge is -2.22. The minimum atomic E-state index is 0.297. The van der Waals surface area contributed by atoms with E-state index in [4.69, 9.17) is 9.15 Å². The Hall–Kier alpha value is -2.00. The quantitative estimate of drug-likeness (QED) is 0.739. The standard InChI is InChI=1S/C18H21NO2/c1-12(2)16(11-20-3)19-13-8-9-18-15(10-13)14-6-4-5-7-17(14)21-18/h4-10,12,16,19H,11H2,1-3H3. The van der Waals surface area contributed by atoms with Crippen LogP contribution in [-0.4, -0.2) is 19.8 Å². The molecule has 0 amide bonds. The zero-order valence-electron chi connectivity index (χ0n) is 12.7. The summed E-state index contributed by atoms with van der Waals surface area (Å²) in [6.07, 6.45) is 0. The van der Waals surface area contributed by atoms with Crippen molar-refractivity contribution in [2.75, 3.05) is 19.0 Å². The van der Waals surface area contributed by atoms with Crippen LogP contribution in [0.15, 0.2) is 46.9 Å². The molecule has 0 bridgehead atoms. The first-order valence-corrected chi connectivity index (χ1v) is 7.36. The monoisotopic (exact) mass is 283 g/mol. The van der Waals surface area contributed by atoms with Crippen molar-refractivity contribution in [3.05, 3.63) is 42.5 Å². The third-order valence-corrected chi connectivity index (χ3v) is 3.88. The molecule has 110 valence electrons. The number of methoxy groups -OCH3 is 1. The third kappa shape index (κ3) is 2.74. The van der Waals surface area contributed by atoms with E-state index in [1.165, 1.54) is 0 Å². The molecule has 3 nitrogen and oxygen atoms in total. The molecule has 0 spiro atoms. The van der Waals surface area contributed by atoms with Gasteiger partial charge in [0.05, 0.1) is 12.6 Å². The first-order valence-electron chi connectivity index (χ1n) is 7.36. The molecular formula is C18H21NO2. The highest BCUT2D eigenvalue weighted by molar-refractivity contribution is 6.05. The number of ether oxygens (including phenoxy) is 1. The Labute approximate surface area is 124 Å². The molecule has 3 aromatic rings. The maximum atomic E-state index is 5.85. The van der Waals surface area contributed by atoms with Crippen molar-refractivity contribution in [3.8, 4) is 0 Å². The molecule has 0 radical (unpaired) electrons. The lowest BCUT2D eigenvalue weighted by molar-refractivity contribution is 0.171. The van der Waals surface area contributed by atoms with Crippen molar-refractivity contribution < 1.29 is 9.15 Å². The fourth-order valence-electron chi connectivity index (χ4n) is 2.61. The molecule has 3 rings (SSSR count). The maximum Gasteiger partial charge on any atom is 0.135 e. The van der Waals surface area contributed by atoms with Crippen molar-refractivity contribution in [1.82, 2.24) is 0 Å². The number of anilines is 1. The Bertz CT molecular complexity index is 745. The molecule has 0 saturated carbocycles. The van der Waals surface area contributed by atoms with Gasteiger partial charge in [0.15, 0.2) is 0 Å². The molecule has 3 heteroatoms. The second-order valence-corrected chi connectivity index (χ2v) is 5.76. The molecular weight excluding hydrogens is 262 g/mol. The van der Waals surface area contributed by atoms with Gasteiger partial charge in [-0.05, 0) is 30.2 Å². The molecule has 0 aliphatic rings. The molecule has 0 saturated heterocycles. The molecule has 1 atom stereocenters. The van der Waals surface area contributed by atoms with Crippen molar-refractivity contribution in [3.63, 3.8) is 0 Å². The lowest BCUT2D eigenvalue weighted by Crippen LogP contribution is -2.30. The number of para-hydroxylation sites is 1. The summed E-state index contributed by atoms with van der Waals surface area (Å²) < 4.78 is 11.2. The van der Waals surface area contributed by atoms with Gasteiger partial charge in [0.25, 0.3) is 0 Å². The summed E-state index contributed by atoms with van der Waals surface area (Å²) in [5.41, 5.74) is 2.96. The van der Waals surface area contributed by atoms with Gasteiger partial charge in [-0.15, -0.1) is 0 Å². The van der Waals surface area contributed by atoms with Crippen LogP contribution in [0, 0.1) is 5.92 Å². The van der Waals surface area contributed by atoms with Gasteiger partial charge in [-0.1, -0.05) is 32.0 Å². The minimum absolute atomic E-state index is 0.297. The van der Waals surface area contributed by atoms with E-state index in [1.54, 1.807) is 7.11 Å². The van der Waals surface area contributed by atoms with Gasteiger partial charge in [0.1, 0.15) is 11.2 Å². The molecule has 21 heavy (non-hydrogen) atoms. The van der Waals surface area contributed by atoms with Crippen LogP contribution in [0.3, 0.4) is 0 Å². The number of hydrogen-bond donors (Lipinski definition) is 1. The van der Waals surface area contributed by atoms with Gasteiger partial charge < -0.3 is 14.5 Å². The predicted molar refractivity (Wildman–Crippen MR) is 87.8 cm³/mol. The van der Waals surface area contributed by atoms with Gasteiger partial charge in [-0.3, -0.25) is 0 Å². The topological polar surface area (TPSA) is 34.4 Å². The summed E-state index contributed by atoms with van der Waals surface area (Å²) in [5.74, 6) is 0.502. The van der Waals surface area contributed by atoms with E-state index in [-0.39, 0.29) is 0 Å². The van der Waals surface area contributed by atoms with Crippen LogP contribution in [0.4, 0.5) is 5.69 Å². The first-order chi connectivity index (χ1) is 10.2. The predicted octanol–water partition coefficient (Wildman–Crippen LogP) is 4.67. The van der Waals surface area contributed by atoms with E-state index in [0.29, 0.717) is 18.6 Å². The second kappa shape index (κ2) is 5.78. The number of furan rings is 1. The largest absolute Gasteiger partial charge is 0.456 e. The van der Waals surface area contributed by atoms with Gasteiger partial charge in [0, 0.05) is 23.6 Å². The van der Waals surface area contributed by atoms with Crippen LogP contribution < -0.4 is 5.32 Å². The number of fused-ring (bicyclic) bond motifs is 3. The van der Waals surface area contributed by atoms with Crippen molar-refractivity contribution in [1.29, 1.82) is 0 Å². The highest BCUT2D eigenvalue weighted by Crippen LogP contribution is 2.30. The summed E-state index contributed by atoms with van der Waals surface area (Å²) in [6, 6.07) is 14.7. The Balaban J connectivity index is 1.98. The van der Waals surface area contributed by atoms with Crippen molar-refractivity contribution >= 4 is 27.6 Å². The lowest BCUT2D eigenvalue weighted by atomic mass is 10.0. The first kappa shape index (κ1) is 14.0. The van der Waals surface area contributed by atoms with Crippen LogP contribution in [0.1, 0.15) is 13.8 Å². The summed E-state index contributed by atoms with van der Waals surface area (Å²) in [5, 5.41) is 5.86. The van der Waals surface area contributed by atoms with E-state index in [9.17, 15) is 0 Å². The minimum Gasteiger partial charge on any atom is -0.456 e. The van der Waals surface area contributed by atoms with E-state index in [2.05, 4.69) is 37.4 Å². The van der Waals surface area contributed by atoms with Gasteiger partial charge >= 0.3 is 0 Å². The molecule has 0 fully saturated rings. The van der Waals surface area contributed by atoms with E-state index < -0.39 is 0 Å². The average Bonchev–Trinajstić information content (AvgIpc) is 2.85. The number of rotatable bonds is 5. The van der Waals surface area contributed by atoms with Crippen LogP contribution >= 0.6 is 0 Å². The maximum absolute atomic E-state index is 5.85. The SMILES string of the molecule is COCC(Nc1ccc2oc3ccccc3c2c1)C(C)C. The summed E-state index contributed by atoms with van der Waals surface area (Å²) in [7, 11) is 1.74. The summed E-state index contributed by atoms with van der Waals surface area (Å²) >= 11 is 0. The van der Waals surface area contributed by atoms with Crippen LogP contribution in [0.2, 0.25) is 0 Å². The molecule has 0 aliphatic heterocycles. The zero-order valence-corrected chi connectivity index (χ0v) is 12.7. The van der Waals surface area contributed by atoms with Gasteiger partial charge in [-0.2, -0.15) is 0 Å². The fourth-order valence-corrected chi connectivity index (χ4v) is 2.61. The smallest absolute Gasteiger partial charge is 0.135 e. The van der Waals surface area contributed by atoms with Crippen molar-refractivity contribution in [2.24, 2.45) is 5.92 Å².